The van der Waals surface area contributed by atoms with E-state index in [0.29, 0.717) is 22.3 Å². The van der Waals surface area contributed by atoms with E-state index in [1.807, 2.05) is 36.4 Å². The van der Waals surface area contributed by atoms with Crippen LogP contribution in [0.1, 0.15) is 30.4 Å². The molecular weight excluding hydrogens is 573 g/mol. The summed E-state index contributed by atoms with van der Waals surface area (Å²) in [5.74, 6) is 0. The summed E-state index contributed by atoms with van der Waals surface area (Å²) in [6, 6.07) is 25.0. The SMILES string of the molecule is O=C(NCC[N+]12CCC(C(O)(c3ccccc3)c3ccccc3)(CC1)CC2)Nc1ccc(Cl)cc1Cl.[Br-]. The van der Waals surface area contributed by atoms with E-state index in [1.165, 1.54) is 0 Å². The van der Waals surface area contributed by atoms with Crippen LogP contribution in [0.4, 0.5) is 10.5 Å². The number of aliphatic hydroxyl groups is 1. The average molecular weight is 605 g/mol. The molecule has 196 valence electrons. The van der Waals surface area contributed by atoms with Gasteiger partial charge in [0.2, 0.25) is 0 Å². The van der Waals surface area contributed by atoms with Gasteiger partial charge in [-0.1, -0.05) is 83.9 Å². The van der Waals surface area contributed by atoms with E-state index in [-0.39, 0.29) is 28.4 Å². The summed E-state index contributed by atoms with van der Waals surface area (Å²) in [6.07, 6.45) is 2.83. The van der Waals surface area contributed by atoms with Crippen LogP contribution in [-0.2, 0) is 5.60 Å². The fraction of sp³-hybridized carbons (Fsp3) is 0.345. The summed E-state index contributed by atoms with van der Waals surface area (Å²) < 4.78 is 0.976. The highest BCUT2D eigenvalue weighted by Gasteiger charge is 2.60. The van der Waals surface area contributed by atoms with Gasteiger partial charge in [0, 0.05) is 29.7 Å². The van der Waals surface area contributed by atoms with Crippen molar-refractivity contribution in [2.24, 2.45) is 5.41 Å². The second-order valence-corrected chi connectivity index (χ2v) is 11.1. The molecule has 3 heterocycles. The molecule has 3 aliphatic heterocycles. The Balaban J connectivity index is 0.00000320. The third-order valence-corrected chi connectivity index (χ3v) is 8.94. The smallest absolute Gasteiger partial charge is 0.319 e. The molecule has 0 aromatic heterocycles. The number of fused-ring (bicyclic) bond motifs is 3. The lowest BCUT2D eigenvalue weighted by atomic mass is 9.56. The number of benzene rings is 3. The van der Waals surface area contributed by atoms with Gasteiger partial charge in [0.15, 0.2) is 0 Å². The summed E-state index contributed by atoms with van der Waals surface area (Å²) in [6.45, 7) is 4.43. The molecule has 0 radical (unpaired) electrons. The third-order valence-electron chi connectivity index (χ3n) is 8.40. The maximum absolute atomic E-state index is 12.5. The lowest BCUT2D eigenvalue weighted by Crippen LogP contribution is -3.00. The van der Waals surface area contributed by atoms with Gasteiger partial charge in [0.25, 0.3) is 0 Å². The molecule has 3 N–H and O–H groups in total. The van der Waals surface area contributed by atoms with Crippen molar-refractivity contribution in [1.82, 2.24) is 5.32 Å². The number of urea groups is 1. The van der Waals surface area contributed by atoms with Crippen LogP contribution in [0.2, 0.25) is 10.0 Å². The van der Waals surface area contributed by atoms with Crippen molar-refractivity contribution in [2.75, 3.05) is 38.0 Å². The Morgan fingerprint density at radius 2 is 1.43 bits per heavy atom. The van der Waals surface area contributed by atoms with Gasteiger partial charge in [-0.25, -0.2) is 4.79 Å². The standard InChI is InChI=1S/C29H31Cl2N3O2.BrH/c30-24-11-12-26(25(31)21-24)33-27(35)32-16-20-34-17-13-28(14-18-34,15-19-34)29(36,22-7-3-1-4-8-22)23-9-5-2-6-10-23;/h1-12,21,36H,13-20H2,(H-,32,33,35);1H. The fourth-order valence-electron chi connectivity index (χ4n) is 6.24. The molecule has 0 atom stereocenters. The molecule has 3 saturated heterocycles. The van der Waals surface area contributed by atoms with Crippen LogP contribution >= 0.6 is 23.2 Å². The molecule has 2 bridgehead atoms. The predicted molar refractivity (Wildman–Crippen MR) is 145 cm³/mol. The minimum absolute atomic E-state index is 0. The van der Waals surface area contributed by atoms with Crippen molar-refractivity contribution in [1.29, 1.82) is 0 Å². The summed E-state index contributed by atoms with van der Waals surface area (Å²) in [5, 5.41) is 19.2. The predicted octanol–water partition coefficient (Wildman–Crippen LogP) is 3.06. The number of nitrogens with one attached hydrogen (secondary N) is 2. The molecule has 37 heavy (non-hydrogen) atoms. The van der Waals surface area contributed by atoms with Crippen molar-refractivity contribution in [3.8, 4) is 0 Å². The molecule has 0 aliphatic carbocycles. The number of anilines is 1. The Hall–Kier alpha value is -2.09. The lowest BCUT2D eigenvalue weighted by molar-refractivity contribution is -0.945. The van der Waals surface area contributed by atoms with Crippen molar-refractivity contribution in [2.45, 2.75) is 24.9 Å². The van der Waals surface area contributed by atoms with E-state index in [9.17, 15) is 9.90 Å². The van der Waals surface area contributed by atoms with Crippen LogP contribution in [0.5, 0.6) is 0 Å². The van der Waals surface area contributed by atoms with E-state index < -0.39 is 5.60 Å². The average Bonchev–Trinajstić information content (AvgIpc) is 2.92. The minimum Gasteiger partial charge on any atom is -1.00 e. The van der Waals surface area contributed by atoms with E-state index >= 15 is 0 Å². The van der Waals surface area contributed by atoms with Crippen LogP contribution in [0.25, 0.3) is 0 Å². The first-order valence-corrected chi connectivity index (χ1v) is 13.3. The molecule has 5 nitrogen and oxygen atoms in total. The van der Waals surface area contributed by atoms with Crippen LogP contribution < -0.4 is 27.6 Å². The number of carbonyl (C=O) groups excluding carboxylic acids is 1. The number of quaternary nitrogens is 1. The largest absolute Gasteiger partial charge is 1.00 e. The number of amides is 2. The van der Waals surface area contributed by atoms with Gasteiger partial charge in [-0.3, -0.25) is 0 Å². The number of rotatable bonds is 7. The van der Waals surface area contributed by atoms with Crippen molar-refractivity contribution < 1.29 is 31.4 Å². The molecule has 6 rings (SSSR count). The zero-order valence-corrected chi connectivity index (χ0v) is 23.7. The summed E-state index contributed by atoms with van der Waals surface area (Å²) in [7, 11) is 0. The molecule has 3 aromatic rings. The monoisotopic (exact) mass is 603 g/mol. The number of hydrogen-bond donors (Lipinski definition) is 3. The topological polar surface area (TPSA) is 61.4 Å². The molecule has 0 spiro atoms. The second-order valence-electron chi connectivity index (χ2n) is 10.2. The first kappa shape index (κ1) is 27.9. The fourth-order valence-corrected chi connectivity index (χ4v) is 6.70. The first-order valence-electron chi connectivity index (χ1n) is 12.5. The van der Waals surface area contributed by atoms with Crippen LogP contribution in [0.15, 0.2) is 78.9 Å². The minimum atomic E-state index is -1.03. The number of hydrogen-bond acceptors (Lipinski definition) is 2. The van der Waals surface area contributed by atoms with Gasteiger partial charge in [0.1, 0.15) is 5.60 Å². The quantitative estimate of drug-likeness (QED) is 0.363. The van der Waals surface area contributed by atoms with Crippen molar-refractivity contribution in [3.05, 3.63) is 100 Å². The van der Waals surface area contributed by atoms with Crippen molar-refractivity contribution in [3.63, 3.8) is 0 Å². The molecule has 2 amide bonds. The maximum Gasteiger partial charge on any atom is 0.319 e. The summed E-state index contributed by atoms with van der Waals surface area (Å²) in [5.41, 5.74) is 1.25. The molecule has 0 saturated carbocycles. The van der Waals surface area contributed by atoms with E-state index in [4.69, 9.17) is 23.2 Å². The molecule has 3 aliphatic rings. The van der Waals surface area contributed by atoms with Crippen LogP contribution in [0, 0.1) is 5.41 Å². The van der Waals surface area contributed by atoms with Gasteiger partial charge < -0.3 is 37.2 Å². The van der Waals surface area contributed by atoms with E-state index in [1.54, 1.807) is 18.2 Å². The first-order chi connectivity index (χ1) is 17.4. The van der Waals surface area contributed by atoms with E-state index in [0.717, 1.165) is 61.1 Å². The Kier molecular flexibility index (Phi) is 8.56. The zero-order valence-electron chi connectivity index (χ0n) is 20.6. The van der Waals surface area contributed by atoms with Gasteiger partial charge in [-0.05, 0) is 29.3 Å². The molecule has 8 heteroatoms. The van der Waals surface area contributed by atoms with Crippen LogP contribution in [-0.4, -0.2) is 48.3 Å². The molecule has 3 aromatic carbocycles. The normalized spacial score (nSPS) is 22.7. The molecular formula is C29H32BrCl2N3O2. The Morgan fingerprint density at radius 1 is 0.892 bits per heavy atom. The number of nitrogens with zero attached hydrogens (tertiary/aromatic N) is 1. The van der Waals surface area contributed by atoms with Gasteiger partial charge >= 0.3 is 6.03 Å². The highest BCUT2D eigenvalue weighted by molar-refractivity contribution is 6.36. The third kappa shape index (κ3) is 5.41. The van der Waals surface area contributed by atoms with Gasteiger partial charge in [-0.2, -0.15) is 0 Å². The summed E-state index contributed by atoms with van der Waals surface area (Å²) in [4.78, 5) is 12.4. The number of halogens is 3. The Bertz CT molecular complexity index is 1160. The highest BCUT2D eigenvalue weighted by atomic mass is 79.9. The lowest BCUT2D eigenvalue weighted by Gasteiger charge is -2.60. The van der Waals surface area contributed by atoms with Gasteiger partial charge in [-0.15, -0.1) is 0 Å². The number of carbonyl (C=O) groups is 1. The Morgan fingerprint density at radius 3 is 1.95 bits per heavy atom. The van der Waals surface area contributed by atoms with Gasteiger partial charge in [0.05, 0.1) is 43.4 Å². The summed E-state index contributed by atoms with van der Waals surface area (Å²) >= 11 is 12.1. The maximum atomic E-state index is 12.5. The zero-order chi connectivity index (χ0) is 25.2. The molecule has 3 fully saturated rings. The second kappa shape index (κ2) is 11.3. The van der Waals surface area contributed by atoms with Crippen LogP contribution in [0.3, 0.4) is 0 Å². The Labute approximate surface area is 239 Å². The van der Waals surface area contributed by atoms with Crippen molar-refractivity contribution >= 4 is 34.9 Å². The highest BCUT2D eigenvalue weighted by Crippen LogP contribution is 2.57. The molecule has 0 unspecified atom stereocenters. The number of piperidine rings is 3. The van der Waals surface area contributed by atoms with E-state index in [2.05, 4.69) is 34.9 Å².